The number of rotatable bonds is 3. The van der Waals surface area contributed by atoms with Gasteiger partial charge < -0.3 is 14.7 Å². The van der Waals surface area contributed by atoms with Crippen molar-refractivity contribution in [2.75, 3.05) is 7.11 Å². The van der Waals surface area contributed by atoms with Gasteiger partial charge in [-0.15, -0.1) is 0 Å². The summed E-state index contributed by atoms with van der Waals surface area (Å²) < 4.78 is 5.62. The van der Waals surface area contributed by atoms with Crippen LogP contribution in [0.15, 0.2) is 46.9 Å². The fourth-order valence-electron chi connectivity index (χ4n) is 4.36. The van der Waals surface area contributed by atoms with Gasteiger partial charge in [-0.2, -0.15) is 0 Å². The van der Waals surface area contributed by atoms with Gasteiger partial charge in [-0.25, -0.2) is 4.99 Å². The molecule has 0 aromatic carbocycles. The maximum Gasteiger partial charge on any atom is 0.146 e. The molecule has 3 heterocycles. The average Bonchev–Trinajstić information content (AvgIpc) is 3.46. The molecule has 0 radical (unpaired) electrons. The molecule has 4 nitrogen and oxygen atoms in total. The molecule has 0 unspecified atom stereocenters. The number of nitrogens with one attached hydrogen (secondary N) is 2. The Kier molecular flexibility index (Phi) is 6.71. The molecule has 0 amide bonds. The number of aromatic amines is 2. The molecule has 0 saturated carbocycles. The highest BCUT2D eigenvalue weighted by molar-refractivity contribution is 6.11. The van der Waals surface area contributed by atoms with Crippen LogP contribution in [-0.2, 0) is 17.6 Å². The van der Waals surface area contributed by atoms with E-state index in [2.05, 4.69) is 22.1 Å². The van der Waals surface area contributed by atoms with Gasteiger partial charge in [-0.3, -0.25) is 0 Å². The van der Waals surface area contributed by atoms with Crippen molar-refractivity contribution in [1.82, 2.24) is 9.97 Å². The maximum absolute atomic E-state index is 5.62. The standard InChI is InChI=1S/C25H33N3O/c1-29-25-18-23(21-14-11-15-26-21)28-24(25)17-22-19-12-9-7-5-3-2-4-6-8-10-13-20(16-19)27-22/h11,14-18,26-27H,2-10,12-13H2,1H3/b24-17+. The van der Waals surface area contributed by atoms with E-state index in [-0.39, 0.29) is 0 Å². The number of ether oxygens (including phenoxy) is 1. The number of fused-ring (bicyclic) bond motifs is 2. The zero-order valence-electron chi connectivity index (χ0n) is 17.6. The average molecular weight is 392 g/mol. The number of aromatic nitrogens is 2. The van der Waals surface area contributed by atoms with Gasteiger partial charge in [0.05, 0.1) is 18.5 Å². The molecule has 1 aliphatic heterocycles. The lowest BCUT2D eigenvalue weighted by atomic mass is 10.0. The third-order valence-corrected chi connectivity index (χ3v) is 6.02. The van der Waals surface area contributed by atoms with Gasteiger partial charge >= 0.3 is 0 Å². The summed E-state index contributed by atoms with van der Waals surface area (Å²) in [7, 11) is 1.72. The third kappa shape index (κ3) is 5.11. The molecule has 0 fully saturated rings. The molecule has 1 aliphatic carbocycles. The lowest BCUT2D eigenvalue weighted by Gasteiger charge is -2.04. The molecule has 2 bridgehead atoms. The fraction of sp³-hybridized carbons (Fsp3) is 0.480. The first-order chi connectivity index (χ1) is 14.3. The molecular weight excluding hydrogens is 358 g/mol. The predicted molar refractivity (Wildman–Crippen MR) is 120 cm³/mol. The molecule has 2 aromatic rings. The van der Waals surface area contributed by atoms with E-state index in [0.717, 1.165) is 35.7 Å². The number of hydrogen-bond donors (Lipinski definition) is 2. The summed E-state index contributed by atoms with van der Waals surface area (Å²) in [5.74, 6) is 0.822. The lowest BCUT2D eigenvalue weighted by molar-refractivity contribution is 0.303. The molecular formula is C25H33N3O. The number of hydrogen-bond acceptors (Lipinski definition) is 2. The number of aryl methyl sites for hydroxylation is 2. The Bertz CT molecular complexity index is 883. The van der Waals surface area contributed by atoms with E-state index >= 15 is 0 Å². The van der Waals surface area contributed by atoms with Gasteiger partial charge in [0.2, 0.25) is 0 Å². The van der Waals surface area contributed by atoms with Crippen LogP contribution in [0.25, 0.3) is 6.08 Å². The number of methoxy groups -OCH3 is 1. The van der Waals surface area contributed by atoms with Crippen LogP contribution in [0, 0.1) is 0 Å². The summed E-state index contributed by atoms with van der Waals surface area (Å²) in [6.07, 6.45) is 20.5. The minimum atomic E-state index is 0.822. The van der Waals surface area contributed by atoms with E-state index in [4.69, 9.17) is 9.73 Å². The summed E-state index contributed by atoms with van der Waals surface area (Å²) in [4.78, 5) is 11.7. The minimum absolute atomic E-state index is 0.822. The van der Waals surface area contributed by atoms with E-state index in [1.165, 1.54) is 74.7 Å². The van der Waals surface area contributed by atoms with Crippen LogP contribution in [0.2, 0.25) is 0 Å². The molecule has 0 atom stereocenters. The van der Waals surface area contributed by atoms with Gasteiger partial charge in [0, 0.05) is 23.7 Å². The Morgan fingerprint density at radius 1 is 0.966 bits per heavy atom. The van der Waals surface area contributed by atoms with Crippen molar-refractivity contribution in [1.29, 1.82) is 0 Å². The summed E-state index contributed by atoms with van der Waals surface area (Å²) in [6.45, 7) is 0. The number of nitrogens with zero attached hydrogens (tertiary/aromatic N) is 1. The van der Waals surface area contributed by atoms with Gasteiger partial charge in [-0.05, 0) is 55.5 Å². The first-order valence-corrected chi connectivity index (χ1v) is 11.2. The minimum Gasteiger partial charge on any atom is -0.494 e. The second-order valence-corrected chi connectivity index (χ2v) is 8.24. The first-order valence-electron chi connectivity index (χ1n) is 11.2. The monoisotopic (exact) mass is 391 g/mol. The third-order valence-electron chi connectivity index (χ3n) is 6.02. The molecule has 154 valence electrons. The van der Waals surface area contributed by atoms with Crippen molar-refractivity contribution in [3.8, 4) is 0 Å². The Morgan fingerprint density at radius 2 is 1.69 bits per heavy atom. The number of allylic oxidation sites excluding steroid dienone is 1. The Labute approximate surface area is 174 Å². The van der Waals surface area contributed by atoms with Crippen LogP contribution in [-0.4, -0.2) is 22.8 Å². The maximum atomic E-state index is 5.62. The molecule has 29 heavy (non-hydrogen) atoms. The molecule has 2 aromatic heterocycles. The molecule has 0 saturated heterocycles. The smallest absolute Gasteiger partial charge is 0.146 e. The number of H-pyrrole nitrogens is 2. The van der Waals surface area contributed by atoms with Crippen molar-refractivity contribution >= 4 is 11.8 Å². The largest absolute Gasteiger partial charge is 0.494 e. The van der Waals surface area contributed by atoms with Crippen LogP contribution >= 0.6 is 0 Å². The zero-order chi connectivity index (χ0) is 19.9. The van der Waals surface area contributed by atoms with Crippen LogP contribution in [0.3, 0.4) is 0 Å². The van der Waals surface area contributed by atoms with E-state index < -0.39 is 0 Å². The predicted octanol–water partition coefficient (Wildman–Crippen LogP) is 6.33. The SMILES string of the molecule is COC1=CC(c2ccc[nH]2)=N/C1=C/c1[nH]c2cc1CCCCCCCCCCC2. The molecule has 4 heteroatoms. The van der Waals surface area contributed by atoms with Crippen molar-refractivity contribution in [3.05, 3.63) is 64.6 Å². The Morgan fingerprint density at radius 3 is 2.38 bits per heavy atom. The Balaban J connectivity index is 1.58. The molecule has 0 spiro atoms. The van der Waals surface area contributed by atoms with Gasteiger partial charge in [0.1, 0.15) is 11.5 Å². The van der Waals surface area contributed by atoms with E-state index in [1.807, 2.05) is 24.4 Å². The second kappa shape index (κ2) is 9.82. The van der Waals surface area contributed by atoms with Crippen molar-refractivity contribution in [2.45, 2.75) is 70.6 Å². The fourth-order valence-corrected chi connectivity index (χ4v) is 4.36. The van der Waals surface area contributed by atoms with Gasteiger partial charge in [0.25, 0.3) is 0 Å². The highest BCUT2D eigenvalue weighted by Gasteiger charge is 2.18. The summed E-state index contributed by atoms with van der Waals surface area (Å²) >= 11 is 0. The molecule has 4 rings (SSSR count). The van der Waals surface area contributed by atoms with Gasteiger partial charge in [-0.1, -0.05) is 44.9 Å². The number of aliphatic imine (C=N–C) groups is 1. The molecule has 2 aliphatic rings. The van der Waals surface area contributed by atoms with E-state index in [9.17, 15) is 0 Å². The normalized spacial score (nSPS) is 20.2. The highest BCUT2D eigenvalue weighted by atomic mass is 16.5. The summed E-state index contributed by atoms with van der Waals surface area (Å²) in [5.41, 5.74) is 6.81. The van der Waals surface area contributed by atoms with Crippen LogP contribution in [0.5, 0.6) is 0 Å². The molecule has 2 N–H and O–H groups in total. The van der Waals surface area contributed by atoms with Gasteiger partial charge in [0.15, 0.2) is 0 Å². The zero-order valence-corrected chi connectivity index (χ0v) is 17.6. The summed E-state index contributed by atoms with van der Waals surface area (Å²) in [6, 6.07) is 6.42. The topological polar surface area (TPSA) is 53.2 Å². The quantitative estimate of drug-likeness (QED) is 0.631. The van der Waals surface area contributed by atoms with Crippen LogP contribution in [0.4, 0.5) is 0 Å². The van der Waals surface area contributed by atoms with Crippen LogP contribution < -0.4 is 0 Å². The highest BCUT2D eigenvalue weighted by Crippen LogP contribution is 2.27. The van der Waals surface area contributed by atoms with Crippen molar-refractivity contribution in [2.24, 2.45) is 4.99 Å². The summed E-state index contributed by atoms with van der Waals surface area (Å²) in [5, 5.41) is 0. The van der Waals surface area contributed by atoms with E-state index in [1.54, 1.807) is 7.11 Å². The van der Waals surface area contributed by atoms with Crippen LogP contribution in [0.1, 0.15) is 80.4 Å². The van der Waals surface area contributed by atoms with E-state index in [0.29, 0.717) is 0 Å². The van der Waals surface area contributed by atoms with Crippen molar-refractivity contribution < 1.29 is 4.74 Å². The lowest BCUT2D eigenvalue weighted by Crippen LogP contribution is -1.93. The van der Waals surface area contributed by atoms with Crippen molar-refractivity contribution in [3.63, 3.8) is 0 Å². The first kappa shape index (κ1) is 19.8. The Hall–Kier alpha value is -2.49. The second-order valence-electron chi connectivity index (χ2n) is 8.24.